The van der Waals surface area contributed by atoms with Gasteiger partial charge in [0.2, 0.25) is 0 Å². The molecule has 156 valence electrons. The molecule has 1 unspecified atom stereocenters. The number of imide groups is 1. The molecule has 7 heteroatoms. The predicted molar refractivity (Wildman–Crippen MR) is 114 cm³/mol. The zero-order valence-corrected chi connectivity index (χ0v) is 17.3. The summed E-state index contributed by atoms with van der Waals surface area (Å²) in [6.07, 6.45) is -0.517. The van der Waals surface area contributed by atoms with Crippen molar-refractivity contribution in [2.45, 2.75) is 19.4 Å². The second kappa shape index (κ2) is 8.62. The Morgan fingerprint density at radius 1 is 0.935 bits per heavy atom. The lowest BCUT2D eigenvalue weighted by atomic mass is 10.0. The molecule has 0 aliphatic carbocycles. The molecule has 0 spiro atoms. The van der Waals surface area contributed by atoms with Gasteiger partial charge < -0.3 is 9.57 Å². The molecule has 0 bridgehead atoms. The van der Waals surface area contributed by atoms with Crippen LogP contribution in [0.25, 0.3) is 0 Å². The van der Waals surface area contributed by atoms with Gasteiger partial charge in [0, 0.05) is 17.0 Å². The predicted octanol–water partition coefficient (Wildman–Crippen LogP) is 4.45. The van der Waals surface area contributed by atoms with E-state index in [1.54, 1.807) is 30.3 Å². The highest BCUT2D eigenvalue weighted by molar-refractivity contribution is 6.30. The Bertz CT molecular complexity index is 1130. The maximum atomic E-state index is 12.6. The van der Waals surface area contributed by atoms with Crippen LogP contribution < -0.4 is 4.74 Å². The number of fused-ring (bicyclic) bond motifs is 1. The summed E-state index contributed by atoms with van der Waals surface area (Å²) in [4.78, 5) is 42.4. The molecule has 0 radical (unpaired) electrons. The van der Waals surface area contributed by atoms with Gasteiger partial charge in [-0.05, 0) is 42.8 Å². The highest BCUT2D eigenvalue weighted by Gasteiger charge is 2.39. The smallest absolute Gasteiger partial charge is 0.373 e. The first kappa shape index (κ1) is 20.6. The Labute approximate surface area is 183 Å². The number of halogens is 1. The number of ether oxygens (including phenoxy) is 1. The fourth-order valence-corrected chi connectivity index (χ4v) is 3.46. The Morgan fingerprint density at radius 2 is 1.55 bits per heavy atom. The Hall–Kier alpha value is -3.64. The van der Waals surface area contributed by atoms with Gasteiger partial charge >= 0.3 is 5.97 Å². The van der Waals surface area contributed by atoms with Crippen molar-refractivity contribution in [1.82, 2.24) is 5.06 Å². The summed E-state index contributed by atoms with van der Waals surface area (Å²) in [5.41, 5.74) is 2.23. The van der Waals surface area contributed by atoms with E-state index in [2.05, 4.69) is 0 Å². The number of hydroxylamine groups is 2. The maximum Gasteiger partial charge on any atom is 0.373 e. The minimum atomic E-state index is -1.07. The van der Waals surface area contributed by atoms with Gasteiger partial charge in [-0.3, -0.25) is 9.59 Å². The SMILES string of the molecule is CC(Oc1ccc(Cl)cc1Cc1ccccc1)C(=O)ON1C(=O)c2ccccc2C1=O. The first-order valence-electron chi connectivity index (χ1n) is 9.62. The number of carbonyl (C=O) groups excluding carboxylic acids is 3. The minimum absolute atomic E-state index is 0.191. The van der Waals surface area contributed by atoms with Crippen molar-refractivity contribution in [2.75, 3.05) is 0 Å². The standard InChI is InChI=1S/C24H18ClNO5/c1-15(24(29)31-26-22(27)19-9-5-6-10-20(19)23(26)28)30-21-12-11-18(25)14-17(21)13-16-7-3-2-4-8-16/h2-12,14-15H,13H2,1H3. The normalized spacial score (nSPS) is 13.7. The lowest BCUT2D eigenvalue weighted by Crippen LogP contribution is -2.37. The van der Waals surface area contributed by atoms with Crippen molar-refractivity contribution >= 4 is 29.4 Å². The van der Waals surface area contributed by atoms with Gasteiger partial charge in [-0.2, -0.15) is 0 Å². The zero-order chi connectivity index (χ0) is 22.0. The molecule has 6 nitrogen and oxygen atoms in total. The summed E-state index contributed by atoms with van der Waals surface area (Å²) in [7, 11) is 0. The summed E-state index contributed by atoms with van der Waals surface area (Å²) in [5, 5.41) is 1.01. The Morgan fingerprint density at radius 3 is 2.19 bits per heavy atom. The van der Waals surface area contributed by atoms with Gasteiger partial charge in [-0.25, -0.2) is 4.79 Å². The van der Waals surface area contributed by atoms with E-state index in [1.807, 2.05) is 30.3 Å². The van der Waals surface area contributed by atoms with Gasteiger partial charge in [0.15, 0.2) is 6.10 Å². The van der Waals surface area contributed by atoms with Gasteiger partial charge in [0.05, 0.1) is 11.1 Å². The third kappa shape index (κ3) is 4.29. The zero-order valence-electron chi connectivity index (χ0n) is 16.6. The van der Waals surface area contributed by atoms with E-state index >= 15 is 0 Å². The molecule has 2 amide bonds. The van der Waals surface area contributed by atoms with Crippen LogP contribution in [0.3, 0.4) is 0 Å². The van der Waals surface area contributed by atoms with Crippen molar-refractivity contribution in [3.8, 4) is 5.75 Å². The van der Waals surface area contributed by atoms with Crippen LogP contribution in [0.1, 0.15) is 38.8 Å². The molecule has 1 heterocycles. The first-order valence-corrected chi connectivity index (χ1v) is 10.0. The molecule has 0 saturated heterocycles. The maximum absolute atomic E-state index is 12.6. The summed E-state index contributed by atoms with van der Waals surface area (Å²) in [6, 6.07) is 21.1. The number of nitrogens with zero attached hydrogens (tertiary/aromatic N) is 1. The molecule has 0 saturated carbocycles. The number of amides is 2. The molecule has 0 fully saturated rings. The van der Waals surface area contributed by atoms with Crippen LogP contribution in [0.4, 0.5) is 0 Å². The van der Waals surface area contributed by atoms with Crippen LogP contribution in [0.15, 0.2) is 72.8 Å². The monoisotopic (exact) mass is 435 g/mol. The molecule has 3 aromatic rings. The van der Waals surface area contributed by atoms with Crippen molar-refractivity contribution < 1.29 is 24.0 Å². The molecule has 1 aliphatic rings. The van der Waals surface area contributed by atoms with Crippen molar-refractivity contribution in [3.05, 3.63) is 100 Å². The van der Waals surface area contributed by atoms with E-state index in [-0.39, 0.29) is 11.1 Å². The summed E-state index contributed by atoms with van der Waals surface area (Å²) in [6.45, 7) is 1.49. The van der Waals surface area contributed by atoms with Gasteiger partial charge in [0.25, 0.3) is 11.8 Å². The second-order valence-electron chi connectivity index (χ2n) is 7.04. The fourth-order valence-electron chi connectivity index (χ4n) is 3.27. The van der Waals surface area contributed by atoms with E-state index in [9.17, 15) is 14.4 Å². The molecule has 4 rings (SSSR count). The fraction of sp³-hybridized carbons (Fsp3) is 0.125. The lowest BCUT2D eigenvalue weighted by Gasteiger charge is -2.19. The lowest BCUT2D eigenvalue weighted by molar-refractivity contribution is -0.176. The Kier molecular flexibility index (Phi) is 5.73. The van der Waals surface area contributed by atoms with E-state index < -0.39 is 23.9 Å². The second-order valence-corrected chi connectivity index (χ2v) is 7.47. The summed E-state index contributed by atoms with van der Waals surface area (Å²) < 4.78 is 5.81. The summed E-state index contributed by atoms with van der Waals surface area (Å²) in [5.74, 6) is -1.77. The molecule has 1 atom stereocenters. The first-order chi connectivity index (χ1) is 14.9. The van der Waals surface area contributed by atoms with Crippen LogP contribution in [0.2, 0.25) is 5.02 Å². The van der Waals surface area contributed by atoms with E-state index in [1.165, 1.54) is 19.1 Å². The van der Waals surface area contributed by atoms with Crippen molar-refractivity contribution in [3.63, 3.8) is 0 Å². The molecule has 0 N–H and O–H groups in total. The number of rotatable bonds is 6. The van der Waals surface area contributed by atoms with Crippen LogP contribution in [0.5, 0.6) is 5.75 Å². The van der Waals surface area contributed by atoms with Gasteiger partial charge in [-0.1, -0.05) is 59.1 Å². The average Bonchev–Trinajstić information content (AvgIpc) is 3.01. The Balaban J connectivity index is 1.47. The number of benzene rings is 3. The largest absolute Gasteiger partial charge is 0.479 e. The van der Waals surface area contributed by atoms with Crippen LogP contribution in [-0.4, -0.2) is 29.0 Å². The van der Waals surface area contributed by atoms with Crippen molar-refractivity contribution in [1.29, 1.82) is 0 Å². The number of hydrogen-bond donors (Lipinski definition) is 0. The number of carbonyl (C=O) groups is 3. The van der Waals surface area contributed by atoms with Gasteiger partial charge in [0.1, 0.15) is 5.75 Å². The molecule has 31 heavy (non-hydrogen) atoms. The van der Waals surface area contributed by atoms with E-state index in [4.69, 9.17) is 21.2 Å². The molecular formula is C24H18ClNO5. The van der Waals surface area contributed by atoms with E-state index in [0.717, 1.165) is 11.1 Å². The molecular weight excluding hydrogens is 418 g/mol. The van der Waals surface area contributed by atoms with Crippen LogP contribution >= 0.6 is 11.6 Å². The highest BCUT2D eigenvalue weighted by Crippen LogP contribution is 2.27. The van der Waals surface area contributed by atoms with Crippen LogP contribution in [-0.2, 0) is 16.1 Å². The third-order valence-corrected chi connectivity index (χ3v) is 5.07. The molecule has 3 aromatic carbocycles. The minimum Gasteiger partial charge on any atom is -0.479 e. The highest BCUT2D eigenvalue weighted by atomic mass is 35.5. The van der Waals surface area contributed by atoms with Crippen LogP contribution in [0, 0.1) is 0 Å². The average molecular weight is 436 g/mol. The summed E-state index contributed by atoms with van der Waals surface area (Å²) >= 11 is 6.14. The van der Waals surface area contributed by atoms with Gasteiger partial charge in [-0.15, -0.1) is 0 Å². The molecule has 1 aliphatic heterocycles. The van der Waals surface area contributed by atoms with Crippen molar-refractivity contribution in [2.24, 2.45) is 0 Å². The number of hydrogen-bond acceptors (Lipinski definition) is 5. The van der Waals surface area contributed by atoms with E-state index in [0.29, 0.717) is 22.3 Å². The quantitative estimate of drug-likeness (QED) is 0.535. The third-order valence-electron chi connectivity index (χ3n) is 4.83. The topological polar surface area (TPSA) is 72.9 Å². The molecule has 0 aromatic heterocycles.